The second-order valence-corrected chi connectivity index (χ2v) is 11.4. The SMILES string of the molecule is Cc1cc(Nc2nc(NC3C[C@H]4CCC[C@@H](C3)N4C(=O)CN3CCN(C)CC3)nc3sccc23)n[nH]1. The maximum atomic E-state index is 13.4. The summed E-state index contributed by atoms with van der Waals surface area (Å²) in [6.07, 6.45) is 5.25. The summed E-state index contributed by atoms with van der Waals surface area (Å²) in [4.78, 5) is 30.8. The monoisotopic (exact) mass is 509 g/mol. The van der Waals surface area contributed by atoms with Crippen LogP contribution in [0.5, 0.6) is 0 Å². The quantitative estimate of drug-likeness (QED) is 0.466. The van der Waals surface area contributed by atoms with E-state index in [9.17, 15) is 4.79 Å². The van der Waals surface area contributed by atoms with Gasteiger partial charge >= 0.3 is 0 Å². The molecule has 0 saturated carbocycles. The number of piperidine rings is 2. The van der Waals surface area contributed by atoms with Crippen molar-refractivity contribution in [2.75, 3.05) is 50.4 Å². The van der Waals surface area contributed by atoms with Crippen molar-refractivity contribution in [2.24, 2.45) is 0 Å². The Morgan fingerprint density at radius 1 is 1.17 bits per heavy atom. The van der Waals surface area contributed by atoms with Crippen LogP contribution in [-0.2, 0) is 4.79 Å². The van der Waals surface area contributed by atoms with Crippen LogP contribution in [0.25, 0.3) is 10.2 Å². The standard InChI is InChI=1S/C25H35N9OS/c1-16-12-21(31-30-16)27-23-20-6-11-36-24(20)29-25(28-23)26-17-13-18-4-3-5-19(14-17)34(18)22(35)15-33-9-7-32(2)8-10-33/h6,11-12,17-19H,3-5,7-10,13-15H2,1-2H3,(H3,26,27,28,29,30,31)/t17?,18-,19+. The average Bonchev–Trinajstić information content (AvgIpc) is 3.49. The smallest absolute Gasteiger partial charge is 0.237 e. The number of hydrogen-bond acceptors (Lipinski definition) is 9. The lowest BCUT2D eigenvalue weighted by molar-refractivity contribution is -0.142. The number of carbonyl (C=O) groups is 1. The van der Waals surface area contributed by atoms with Gasteiger partial charge in [0.1, 0.15) is 10.6 Å². The number of carbonyl (C=O) groups excluding carboxylic acids is 1. The molecule has 192 valence electrons. The first-order chi connectivity index (χ1) is 17.5. The average molecular weight is 510 g/mol. The van der Waals surface area contributed by atoms with E-state index in [1.54, 1.807) is 11.3 Å². The third-order valence-corrected chi connectivity index (χ3v) is 8.63. The zero-order valence-electron chi connectivity index (χ0n) is 21.0. The fraction of sp³-hybridized carbons (Fsp3) is 0.600. The van der Waals surface area contributed by atoms with Gasteiger partial charge in [0, 0.05) is 56.1 Å². The van der Waals surface area contributed by atoms with Crippen molar-refractivity contribution in [2.45, 2.75) is 57.2 Å². The molecule has 1 unspecified atom stereocenters. The third kappa shape index (κ3) is 4.91. The normalized spacial score (nSPS) is 25.3. The van der Waals surface area contributed by atoms with E-state index < -0.39 is 0 Å². The van der Waals surface area contributed by atoms with Crippen molar-refractivity contribution >= 4 is 45.0 Å². The van der Waals surface area contributed by atoms with Crippen LogP contribution in [0.15, 0.2) is 17.5 Å². The number of rotatable bonds is 6. The number of nitrogens with zero attached hydrogens (tertiary/aromatic N) is 6. The Morgan fingerprint density at radius 2 is 1.94 bits per heavy atom. The molecule has 0 aliphatic carbocycles. The van der Waals surface area contributed by atoms with Gasteiger partial charge in [-0.25, -0.2) is 4.98 Å². The molecule has 11 heteroatoms. The van der Waals surface area contributed by atoms with E-state index in [0.29, 0.717) is 30.5 Å². The first-order valence-electron chi connectivity index (χ1n) is 13.0. The van der Waals surface area contributed by atoms with Gasteiger partial charge in [-0.1, -0.05) is 0 Å². The van der Waals surface area contributed by atoms with E-state index in [1.807, 2.05) is 24.4 Å². The summed E-state index contributed by atoms with van der Waals surface area (Å²) in [5.41, 5.74) is 0.993. The van der Waals surface area contributed by atoms with Gasteiger partial charge in [-0.3, -0.25) is 14.8 Å². The predicted molar refractivity (Wildman–Crippen MR) is 143 cm³/mol. The minimum Gasteiger partial charge on any atom is -0.351 e. The molecule has 36 heavy (non-hydrogen) atoms. The van der Waals surface area contributed by atoms with E-state index in [1.165, 1.54) is 6.42 Å². The molecule has 6 rings (SSSR count). The highest BCUT2D eigenvalue weighted by Crippen LogP contribution is 2.36. The zero-order valence-corrected chi connectivity index (χ0v) is 21.9. The number of anilines is 3. The largest absolute Gasteiger partial charge is 0.351 e. The number of fused-ring (bicyclic) bond motifs is 3. The zero-order chi connectivity index (χ0) is 24.6. The van der Waals surface area contributed by atoms with Gasteiger partial charge in [0.2, 0.25) is 11.9 Å². The van der Waals surface area contributed by atoms with Crippen LogP contribution in [0.3, 0.4) is 0 Å². The lowest BCUT2D eigenvalue weighted by atomic mass is 9.81. The molecule has 0 radical (unpaired) electrons. The number of aromatic nitrogens is 4. The minimum absolute atomic E-state index is 0.255. The summed E-state index contributed by atoms with van der Waals surface area (Å²) >= 11 is 1.61. The van der Waals surface area contributed by atoms with Crippen molar-refractivity contribution in [1.29, 1.82) is 0 Å². The Morgan fingerprint density at radius 3 is 2.67 bits per heavy atom. The third-order valence-electron chi connectivity index (χ3n) is 7.83. The van der Waals surface area contributed by atoms with Gasteiger partial charge in [-0.2, -0.15) is 10.1 Å². The summed E-state index contributed by atoms with van der Waals surface area (Å²) in [5.74, 6) is 2.45. The molecular weight excluding hydrogens is 474 g/mol. The summed E-state index contributed by atoms with van der Waals surface area (Å²) in [6.45, 7) is 6.57. The highest BCUT2D eigenvalue weighted by atomic mass is 32.1. The van der Waals surface area contributed by atoms with Gasteiger partial charge in [0.05, 0.1) is 11.9 Å². The van der Waals surface area contributed by atoms with E-state index in [0.717, 1.165) is 79.4 Å². The van der Waals surface area contributed by atoms with Crippen molar-refractivity contribution in [3.63, 3.8) is 0 Å². The number of amides is 1. The Balaban J connectivity index is 1.15. The van der Waals surface area contributed by atoms with Crippen molar-refractivity contribution in [1.82, 2.24) is 34.9 Å². The number of nitrogens with one attached hydrogen (secondary N) is 3. The van der Waals surface area contributed by atoms with Crippen LogP contribution in [0, 0.1) is 6.92 Å². The Labute approximate surface area is 215 Å². The van der Waals surface area contributed by atoms with Crippen LogP contribution in [0.4, 0.5) is 17.6 Å². The second kappa shape index (κ2) is 9.95. The highest BCUT2D eigenvalue weighted by Gasteiger charge is 2.41. The fourth-order valence-corrected chi connectivity index (χ4v) is 6.75. The molecule has 3 N–H and O–H groups in total. The second-order valence-electron chi connectivity index (χ2n) is 10.5. The van der Waals surface area contributed by atoms with Gasteiger partial charge in [0.15, 0.2) is 5.82 Å². The molecule has 0 spiro atoms. The first kappa shape index (κ1) is 23.6. The lowest BCUT2D eigenvalue weighted by Gasteiger charge is -2.49. The van der Waals surface area contributed by atoms with Crippen LogP contribution < -0.4 is 10.6 Å². The van der Waals surface area contributed by atoms with E-state index in [4.69, 9.17) is 9.97 Å². The number of likely N-dealkylation sites (N-methyl/N-ethyl adjacent to an activating group) is 1. The van der Waals surface area contributed by atoms with Crippen molar-refractivity contribution in [3.8, 4) is 0 Å². The summed E-state index contributed by atoms with van der Waals surface area (Å²) in [7, 11) is 2.15. The van der Waals surface area contributed by atoms with Crippen LogP contribution in [0.1, 0.15) is 37.8 Å². The molecule has 6 heterocycles. The Kier molecular flexibility index (Phi) is 6.53. The molecular formula is C25H35N9OS. The number of piperazine rings is 1. The van der Waals surface area contributed by atoms with Crippen molar-refractivity contribution < 1.29 is 4.79 Å². The Hall–Kier alpha value is -2.76. The number of aromatic amines is 1. The van der Waals surface area contributed by atoms with E-state index in [-0.39, 0.29) is 6.04 Å². The molecule has 3 aliphatic heterocycles. The van der Waals surface area contributed by atoms with Crippen LogP contribution in [-0.4, -0.2) is 98.7 Å². The maximum absolute atomic E-state index is 13.4. The molecule has 3 atom stereocenters. The predicted octanol–water partition coefficient (Wildman–Crippen LogP) is 3.04. The molecule has 1 amide bonds. The molecule has 3 aromatic heterocycles. The Bertz CT molecular complexity index is 1200. The van der Waals surface area contributed by atoms with Crippen LogP contribution >= 0.6 is 11.3 Å². The topological polar surface area (TPSA) is 105 Å². The maximum Gasteiger partial charge on any atom is 0.237 e. The van der Waals surface area contributed by atoms with Gasteiger partial charge in [0.25, 0.3) is 0 Å². The van der Waals surface area contributed by atoms with Crippen molar-refractivity contribution in [3.05, 3.63) is 23.2 Å². The molecule has 3 saturated heterocycles. The number of H-pyrrole nitrogens is 1. The number of aryl methyl sites for hydroxylation is 1. The minimum atomic E-state index is 0.255. The summed E-state index contributed by atoms with van der Waals surface area (Å²) < 4.78 is 0. The molecule has 3 fully saturated rings. The molecule has 10 nitrogen and oxygen atoms in total. The number of thiophene rings is 1. The van der Waals surface area contributed by atoms with Gasteiger partial charge in [-0.15, -0.1) is 11.3 Å². The fourth-order valence-electron chi connectivity index (χ4n) is 5.99. The van der Waals surface area contributed by atoms with Crippen LogP contribution in [0.2, 0.25) is 0 Å². The molecule has 3 aromatic rings. The molecule has 3 aliphatic rings. The van der Waals surface area contributed by atoms with E-state index >= 15 is 0 Å². The number of hydrogen-bond donors (Lipinski definition) is 3. The summed E-state index contributed by atoms with van der Waals surface area (Å²) in [5, 5.41) is 17.3. The van der Waals surface area contributed by atoms with E-state index in [2.05, 4.69) is 42.6 Å². The van der Waals surface area contributed by atoms with Gasteiger partial charge < -0.3 is 20.4 Å². The molecule has 2 bridgehead atoms. The first-order valence-corrected chi connectivity index (χ1v) is 13.9. The van der Waals surface area contributed by atoms with Gasteiger partial charge in [-0.05, 0) is 57.5 Å². The lowest BCUT2D eigenvalue weighted by Crippen LogP contribution is -2.59. The highest BCUT2D eigenvalue weighted by molar-refractivity contribution is 7.16. The summed E-state index contributed by atoms with van der Waals surface area (Å²) in [6, 6.07) is 4.85. The molecule has 0 aromatic carbocycles.